The minimum absolute atomic E-state index is 0.332. The maximum absolute atomic E-state index is 9.35. The van der Waals surface area contributed by atoms with E-state index in [1.54, 1.807) is 6.20 Å². The average Bonchev–Trinajstić information content (AvgIpc) is 3.44. The molecule has 0 amide bonds. The third-order valence-corrected chi connectivity index (χ3v) is 5.88. The van der Waals surface area contributed by atoms with E-state index in [0.717, 1.165) is 49.5 Å². The predicted octanol–water partition coefficient (Wildman–Crippen LogP) is 4.01. The summed E-state index contributed by atoms with van der Waals surface area (Å²) in [5, 5.41) is 9.35. The third-order valence-electron chi connectivity index (χ3n) is 5.88. The predicted molar refractivity (Wildman–Crippen MR) is 113 cm³/mol. The van der Waals surface area contributed by atoms with Gasteiger partial charge in [-0.15, -0.1) is 0 Å². The Morgan fingerprint density at radius 2 is 1.93 bits per heavy atom. The van der Waals surface area contributed by atoms with E-state index in [-0.39, 0.29) is 0 Å². The van der Waals surface area contributed by atoms with Crippen molar-refractivity contribution in [3.8, 4) is 17.1 Å². The number of aliphatic hydroxyl groups is 1. The van der Waals surface area contributed by atoms with Crippen molar-refractivity contribution in [2.24, 2.45) is 11.8 Å². The van der Waals surface area contributed by atoms with Gasteiger partial charge in [-0.2, -0.15) is 0 Å². The summed E-state index contributed by atoms with van der Waals surface area (Å²) in [4.78, 5) is 8.67. The Morgan fingerprint density at radius 1 is 1.07 bits per heavy atom. The van der Waals surface area contributed by atoms with Crippen LogP contribution in [0, 0.1) is 11.8 Å². The standard InChI is InChI=1S/C23H30N4O2/c28-17-20-7-5-19(6-8-20)16-27-13-10-25-23(27)21-3-1-4-22(15-21)29-14-2-11-26-12-9-24-18-26/h1,3-4,9-10,12-13,15,18-20,28H,2,5-8,11,14,16-17H2. The van der Waals surface area contributed by atoms with Gasteiger partial charge in [-0.3, -0.25) is 0 Å². The highest BCUT2D eigenvalue weighted by Crippen LogP contribution is 2.31. The van der Waals surface area contributed by atoms with Gasteiger partial charge < -0.3 is 19.0 Å². The van der Waals surface area contributed by atoms with Crippen molar-refractivity contribution in [1.29, 1.82) is 0 Å². The number of hydrogen-bond acceptors (Lipinski definition) is 4. The molecule has 154 valence electrons. The Hall–Kier alpha value is -2.60. The number of imidazole rings is 2. The lowest BCUT2D eigenvalue weighted by atomic mass is 9.82. The fraction of sp³-hybridized carbons (Fsp3) is 0.478. The molecule has 0 radical (unpaired) electrons. The number of ether oxygens (including phenoxy) is 1. The van der Waals surface area contributed by atoms with Crippen LogP contribution in [0.5, 0.6) is 5.75 Å². The molecule has 0 spiro atoms. The highest BCUT2D eigenvalue weighted by molar-refractivity contribution is 5.58. The first-order chi connectivity index (χ1) is 14.3. The molecular formula is C23H30N4O2. The van der Waals surface area contributed by atoms with Crippen molar-refractivity contribution in [3.63, 3.8) is 0 Å². The first-order valence-corrected chi connectivity index (χ1v) is 10.6. The van der Waals surface area contributed by atoms with Crippen molar-refractivity contribution < 1.29 is 9.84 Å². The van der Waals surface area contributed by atoms with E-state index in [1.807, 2.05) is 30.9 Å². The molecule has 1 saturated carbocycles. The molecule has 6 nitrogen and oxygen atoms in total. The molecule has 0 bridgehead atoms. The summed E-state index contributed by atoms with van der Waals surface area (Å²) in [5.74, 6) is 3.04. The Labute approximate surface area is 172 Å². The molecule has 1 aromatic carbocycles. The van der Waals surface area contributed by atoms with E-state index < -0.39 is 0 Å². The number of aliphatic hydroxyl groups excluding tert-OH is 1. The first kappa shape index (κ1) is 19.7. The van der Waals surface area contributed by atoms with Crippen LogP contribution in [-0.2, 0) is 13.1 Å². The number of hydrogen-bond donors (Lipinski definition) is 1. The lowest BCUT2D eigenvalue weighted by Crippen LogP contribution is -2.21. The van der Waals surface area contributed by atoms with E-state index in [0.29, 0.717) is 25.0 Å². The summed E-state index contributed by atoms with van der Waals surface area (Å²) in [6, 6.07) is 8.22. The molecule has 0 aliphatic heterocycles. The molecule has 1 aliphatic carbocycles. The smallest absolute Gasteiger partial charge is 0.140 e. The van der Waals surface area contributed by atoms with E-state index in [4.69, 9.17) is 4.74 Å². The molecule has 1 N–H and O–H groups in total. The molecule has 0 unspecified atom stereocenters. The van der Waals surface area contributed by atoms with Crippen molar-refractivity contribution in [1.82, 2.24) is 19.1 Å². The van der Waals surface area contributed by atoms with Gasteiger partial charge in [-0.25, -0.2) is 9.97 Å². The van der Waals surface area contributed by atoms with Crippen LogP contribution in [0.3, 0.4) is 0 Å². The van der Waals surface area contributed by atoms with Crippen LogP contribution in [-0.4, -0.2) is 37.4 Å². The fourth-order valence-corrected chi connectivity index (χ4v) is 4.17. The van der Waals surface area contributed by atoms with E-state index in [1.165, 1.54) is 12.8 Å². The number of rotatable bonds is 9. The monoisotopic (exact) mass is 394 g/mol. The first-order valence-electron chi connectivity index (χ1n) is 10.6. The van der Waals surface area contributed by atoms with Gasteiger partial charge in [0.05, 0.1) is 12.9 Å². The van der Waals surface area contributed by atoms with E-state index >= 15 is 0 Å². The van der Waals surface area contributed by atoms with Gasteiger partial charge in [0.1, 0.15) is 11.6 Å². The Morgan fingerprint density at radius 3 is 2.72 bits per heavy atom. The van der Waals surface area contributed by atoms with Crippen molar-refractivity contribution in [3.05, 3.63) is 55.4 Å². The van der Waals surface area contributed by atoms with Gasteiger partial charge in [0, 0.05) is 50.0 Å². The normalized spacial score (nSPS) is 19.3. The van der Waals surface area contributed by atoms with E-state index in [9.17, 15) is 5.11 Å². The van der Waals surface area contributed by atoms with Gasteiger partial charge in [-0.1, -0.05) is 12.1 Å². The lowest BCUT2D eigenvalue weighted by molar-refractivity contribution is 0.161. The third kappa shape index (κ3) is 5.26. The largest absolute Gasteiger partial charge is 0.494 e. The number of aromatic nitrogens is 4. The quantitative estimate of drug-likeness (QED) is 0.557. The summed E-state index contributed by atoms with van der Waals surface area (Å²) in [6.07, 6.45) is 15.1. The molecule has 2 heterocycles. The molecule has 1 fully saturated rings. The summed E-state index contributed by atoms with van der Waals surface area (Å²) in [7, 11) is 0. The van der Waals surface area contributed by atoms with Gasteiger partial charge in [0.15, 0.2) is 0 Å². The van der Waals surface area contributed by atoms with Crippen LogP contribution in [0.2, 0.25) is 0 Å². The Balaban J connectivity index is 1.34. The summed E-state index contributed by atoms with van der Waals surface area (Å²) in [5.41, 5.74) is 1.09. The number of nitrogens with zero attached hydrogens (tertiary/aromatic N) is 4. The van der Waals surface area contributed by atoms with Crippen LogP contribution in [0.4, 0.5) is 0 Å². The molecule has 2 aromatic heterocycles. The summed E-state index contributed by atoms with van der Waals surface area (Å²) < 4.78 is 10.3. The zero-order valence-electron chi connectivity index (χ0n) is 16.9. The highest BCUT2D eigenvalue weighted by atomic mass is 16.5. The van der Waals surface area contributed by atoms with Crippen LogP contribution < -0.4 is 4.74 Å². The topological polar surface area (TPSA) is 65.1 Å². The Bertz CT molecular complexity index is 867. The second-order valence-electron chi connectivity index (χ2n) is 8.00. The minimum Gasteiger partial charge on any atom is -0.494 e. The van der Waals surface area contributed by atoms with Gasteiger partial charge in [0.2, 0.25) is 0 Å². The molecule has 3 aromatic rings. The molecule has 29 heavy (non-hydrogen) atoms. The van der Waals surface area contributed by atoms with Gasteiger partial charge in [-0.05, 0) is 56.1 Å². The van der Waals surface area contributed by atoms with Crippen molar-refractivity contribution >= 4 is 0 Å². The van der Waals surface area contributed by atoms with Crippen LogP contribution in [0.1, 0.15) is 32.1 Å². The highest BCUT2D eigenvalue weighted by Gasteiger charge is 2.21. The lowest BCUT2D eigenvalue weighted by Gasteiger charge is -2.27. The van der Waals surface area contributed by atoms with Crippen molar-refractivity contribution in [2.75, 3.05) is 13.2 Å². The maximum Gasteiger partial charge on any atom is 0.140 e. The zero-order chi connectivity index (χ0) is 19.9. The molecule has 6 heteroatoms. The maximum atomic E-state index is 9.35. The minimum atomic E-state index is 0.332. The molecular weight excluding hydrogens is 364 g/mol. The molecule has 0 atom stereocenters. The Kier molecular flexibility index (Phi) is 6.62. The molecule has 0 saturated heterocycles. The van der Waals surface area contributed by atoms with Crippen LogP contribution >= 0.6 is 0 Å². The molecule has 4 rings (SSSR count). The zero-order valence-corrected chi connectivity index (χ0v) is 16.9. The number of benzene rings is 1. The second kappa shape index (κ2) is 9.74. The SMILES string of the molecule is OCC1CCC(Cn2ccnc2-c2cccc(OCCCn3ccnc3)c2)CC1. The average molecular weight is 395 g/mol. The summed E-state index contributed by atoms with van der Waals surface area (Å²) in [6.45, 7) is 2.90. The van der Waals surface area contributed by atoms with Gasteiger partial charge >= 0.3 is 0 Å². The summed E-state index contributed by atoms with van der Waals surface area (Å²) >= 11 is 0. The van der Waals surface area contributed by atoms with Gasteiger partial charge in [0.25, 0.3) is 0 Å². The van der Waals surface area contributed by atoms with Crippen LogP contribution in [0.15, 0.2) is 55.4 Å². The van der Waals surface area contributed by atoms with Crippen LogP contribution in [0.25, 0.3) is 11.4 Å². The van der Waals surface area contributed by atoms with Crippen molar-refractivity contribution in [2.45, 2.75) is 45.2 Å². The van der Waals surface area contributed by atoms with E-state index in [2.05, 4.69) is 37.4 Å². The number of aryl methyl sites for hydroxylation is 1. The molecule has 1 aliphatic rings. The second-order valence-corrected chi connectivity index (χ2v) is 8.00. The fourth-order valence-electron chi connectivity index (χ4n) is 4.17.